The van der Waals surface area contributed by atoms with Crippen molar-refractivity contribution in [1.82, 2.24) is 4.90 Å². The molecular weight excluding hydrogens is 482 g/mol. The second kappa shape index (κ2) is 12.3. The van der Waals surface area contributed by atoms with Crippen molar-refractivity contribution < 1.29 is 28.9 Å². The van der Waals surface area contributed by atoms with Gasteiger partial charge in [0.05, 0.1) is 32.4 Å². The van der Waals surface area contributed by atoms with E-state index < -0.39 is 17.7 Å². The van der Waals surface area contributed by atoms with Crippen LogP contribution in [0.2, 0.25) is 0 Å². The van der Waals surface area contributed by atoms with Crippen LogP contribution in [0.1, 0.15) is 48.9 Å². The summed E-state index contributed by atoms with van der Waals surface area (Å²) in [5.74, 6) is -0.0878. The van der Waals surface area contributed by atoms with Crippen LogP contribution >= 0.6 is 0 Å². The van der Waals surface area contributed by atoms with E-state index in [1.807, 2.05) is 36.4 Å². The van der Waals surface area contributed by atoms with Gasteiger partial charge in [0.15, 0.2) is 11.5 Å². The Bertz CT molecular complexity index is 1320. The maximum atomic E-state index is 13.4. The van der Waals surface area contributed by atoms with Crippen LogP contribution in [0.3, 0.4) is 0 Å². The van der Waals surface area contributed by atoms with E-state index in [2.05, 4.69) is 6.92 Å². The summed E-state index contributed by atoms with van der Waals surface area (Å²) in [7, 11) is 3.07. The number of unbranched alkanes of at least 4 members (excludes halogenated alkanes) is 2. The molecular formula is C31H33NO6. The molecule has 38 heavy (non-hydrogen) atoms. The van der Waals surface area contributed by atoms with Crippen molar-refractivity contribution in [1.29, 1.82) is 0 Å². The Morgan fingerprint density at radius 1 is 0.895 bits per heavy atom. The topological polar surface area (TPSA) is 85.3 Å². The SMILES string of the molecule is CCCCCOc1ccc(C2/C(=C(\O)c3cccc(OC)c3)C(=O)C(=O)N2Cc2ccccc2)cc1OC. The quantitative estimate of drug-likeness (QED) is 0.148. The van der Waals surface area contributed by atoms with E-state index in [9.17, 15) is 14.7 Å². The van der Waals surface area contributed by atoms with Crippen molar-refractivity contribution in [2.45, 2.75) is 38.8 Å². The Morgan fingerprint density at radius 3 is 2.39 bits per heavy atom. The Hall–Kier alpha value is -4.26. The molecule has 4 rings (SSSR count). The second-order valence-corrected chi connectivity index (χ2v) is 9.11. The van der Waals surface area contributed by atoms with Crippen LogP contribution in [0.15, 0.2) is 78.4 Å². The first-order valence-electron chi connectivity index (χ1n) is 12.8. The van der Waals surface area contributed by atoms with Crippen molar-refractivity contribution in [3.63, 3.8) is 0 Å². The van der Waals surface area contributed by atoms with Crippen LogP contribution in [-0.2, 0) is 16.1 Å². The summed E-state index contributed by atoms with van der Waals surface area (Å²) in [6.45, 7) is 2.89. The highest BCUT2D eigenvalue weighted by Gasteiger charge is 2.46. The molecule has 1 fully saturated rings. The summed E-state index contributed by atoms with van der Waals surface area (Å²) >= 11 is 0. The molecule has 1 atom stereocenters. The van der Waals surface area contributed by atoms with Crippen molar-refractivity contribution in [3.05, 3.63) is 95.1 Å². The van der Waals surface area contributed by atoms with E-state index in [1.54, 1.807) is 43.5 Å². The average molecular weight is 516 g/mol. The third-order valence-electron chi connectivity index (χ3n) is 6.59. The lowest BCUT2D eigenvalue weighted by atomic mass is 9.94. The summed E-state index contributed by atoms with van der Waals surface area (Å²) in [5, 5.41) is 11.4. The molecule has 1 amide bonds. The molecule has 0 aromatic heterocycles. The van der Waals surface area contributed by atoms with Gasteiger partial charge in [0.25, 0.3) is 11.7 Å². The second-order valence-electron chi connectivity index (χ2n) is 9.11. The number of Topliss-reactive ketones (excluding diaryl/α,β-unsaturated/α-hetero) is 1. The lowest BCUT2D eigenvalue weighted by Crippen LogP contribution is -2.29. The summed E-state index contributed by atoms with van der Waals surface area (Å²) in [6.07, 6.45) is 3.09. The number of nitrogens with zero attached hydrogens (tertiary/aromatic N) is 1. The first-order valence-corrected chi connectivity index (χ1v) is 12.8. The minimum Gasteiger partial charge on any atom is -0.507 e. The van der Waals surface area contributed by atoms with E-state index in [1.165, 1.54) is 12.0 Å². The van der Waals surface area contributed by atoms with Gasteiger partial charge in [0.2, 0.25) is 0 Å². The number of benzene rings is 3. The molecule has 3 aromatic carbocycles. The maximum absolute atomic E-state index is 13.4. The van der Waals surface area contributed by atoms with Crippen LogP contribution in [0.5, 0.6) is 17.2 Å². The molecule has 7 heteroatoms. The third kappa shape index (κ3) is 5.67. The molecule has 0 bridgehead atoms. The zero-order valence-electron chi connectivity index (χ0n) is 22.0. The van der Waals surface area contributed by atoms with E-state index >= 15 is 0 Å². The molecule has 1 saturated heterocycles. The number of amides is 1. The zero-order chi connectivity index (χ0) is 27.1. The molecule has 3 aromatic rings. The fourth-order valence-corrected chi connectivity index (χ4v) is 4.60. The highest BCUT2D eigenvalue weighted by molar-refractivity contribution is 6.46. The number of ether oxygens (including phenoxy) is 3. The molecule has 0 radical (unpaired) electrons. The van der Waals surface area contributed by atoms with Crippen LogP contribution in [0.25, 0.3) is 5.76 Å². The van der Waals surface area contributed by atoms with Gasteiger partial charge >= 0.3 is 0 Å². The van der Waals surface area contributed by atoms with Gasteiger partial charge in [-0.2, -0.15) is 0 Å². The average Bonchev–Trinajstić information content (AvgIpc) is 3.20. The van der Waals surface area contributed by atoms with Crippen LogP contribution in [0, 0.1) is 0 Å². The summed E-state index contributed by atoms with van der Waals surface area (Å²) in [5.41, 5.74) is 1.89. The van der Waals surface area contributed by atoms with Crippen molar-refractivity contribution in [2.75, 3.05) is 20.8 Å². The molecule has 1 heterocycles. The summed E-state index contributed by atoms with van der Waals surface area (Å²) in [6, 6.07) is 20.7. The monoisotopic (exact) mass is 515 g/mol. The Morgan fingerprint density at radius 2 is 1.68 bits per heavy atom. The van der Waals surface area contributed by atoms with Gasteiger partial charge in [-0.1, -0.05) is 68.3 Å². The van der Waals surface area contributed by atoms with E-state index in [4.69, 9.17) is 14.2 Å². The van der Waals surface area contributed by atoms with Gasteiger partial charge in [0.1, 0.15) is 11.5 Å². The maximum Gasteiger partial charge on any atom is 0.295 e. The largest absolute Gasteiger partial charge is 0.507 e. The number of ketones is 1. The van der Waals surface area contributed by atoms with Crippen LogP contribution in [-0.4, -0.2) is 42.5 Å². The summed E-state index contributed by atoms with van der Waals surface area (Å²) in [4.78, 5) is 28.2. The highest BCUT2D eigenvalue weighted by atomic mass is 16.5. The Balaban J connectivity index is 1.80. The van der Waals surface area contributed by atoms with Gasteiger partial charge < -0.3 is 24.2 Å². The minimum atomic E-state index is -0.829. The standard InChI is InChI=1S/C31H33NO6/c1-4-5-9-17-38-25-16-15-22(19-26(25)37-3)28-27(29(33)23-13-10-14-24(18-23)36-2)30(34)31(35)32(28)20-21-11-7-6-8-12-21/h6-8,10-16,18-19,28,33H,4-5,9,17,20H2,1-3H3/b29-27+. The molecule has 1 unspecified atom stereocenters. The van der Waals surface area contributed by atoms with Crippen molar-refractivity contribution in [3.8, 4) is 17.2 Å². The molecule has 1 N–H and O–H groups in total. The van der Waals surface area contributed by atoms with Gasteiger partial charge in [-0.05, 0) is 41.8 Å². The fraction of sp³-hybridized carbons (Fsp3) is 0.290. The number of likely N-dealkylation sites (tertiary alicyclic amines) is 1. The third-order valence-corrected chi connectivity index (χ3v) is 6.59. The number of methoxy groups -OCH3 is 2. The number of hydrogen-bond donors (Lipinski definition) is 1. The highest BCUT2D eigenvalue weighted by Crippen LogP contribution is 2.43. The molecule has 198 valence electrons. The number of rotatable bonds is 11. The first kappa shape index (κ1) is 26.8. The number of carbonyl (C=O) groups excluding carboxylic acids is 2. The molecule has 1 aliphatic heterocycles. The normalized spacial score (nSPS) is 16.5. The van der Waals surface area contributed by atoms with Crippen LogP contribution in [0.4, 0.5) is 0 Å². The van der Waals surface area contributed by atoms with Gasteiger partial charge in [0, 0.05) is 12.1 Å². The van der Waals surface area contributed by atoms with Gasteiger partial charge in [-0.25, -0.2) is 0 Å². The lowest BCUT2D eigenvalue weighted by molar-refractivity contribution is -0.140. The van der Waals surface area contributed by atoms with Crippen LogP contribution < -0.4 is 14.2 Å². The molecule has 0 saturated carbocycles. The number of aliphatic hydroxyl groups is 1. The van der Waals surface area contributed by atoms with Crippen molar-refractivity contribution >= 4 is 17.4 Å². The molecule has 0 aliphatic carbocycles. The van der Waals surface area contributed by atoms with E-state index in [0.717, 1.165) is 24.8 Å². The number of aliphatic hydroxyl groups excluding tert-OH is 1. The van der Waals surface area contributed by atoms with Gasteiger partial charge in [-0.15, -0.1) is 0 Å². The minimum absolute atomic E-state index is 0.0119. The molecule has 0 spiro atoms. The zero-order valence-corrected chi connectivity index (χ0v) is 22.0. The smallest absolute Gasteiger partial charge is 0.295 e. The fourth-order valence-electron chi connectivity index (χ4n) is 4.60. The summed E-state index contributed by atoms with van der Waals surface area (Å²) < 4.78 is 16.8. The van der Waals surface area contributed by atoms with E-state index in [-0.39, 0.29) is 17.9 Å². The molecule has 1 aliphatic rings. The Labute approximate surface area is 223 Å². The van der Waals surface area contributed by atoms with E-state index in [0.29, 0.717) is 35.0 Å². The number of carbonyl (C=O) groups is 2. The molecule has 7 nitrogen and oxygen atoms in total. The predicted octanol–water partition coefficient (Wildman–Crippen LogP) is 5.89. The lowest BCUT2D eigenvalue weighted by Gasteiger charge is -2.26. The van der Waals surface area contributed by atoms with Crippen molar-refractivity contribution in [2.24, 2.45) is 0 Å². The number of hydrogen-bond acceptors (Lipinski definition) is 6. The Kier molecular flexibility index (Phi) is 8.69. The predicted molar refractivity (Wildman–Crippen MR) is 145 cm³/mol. The first-order chi connectivity index (χ1) is 18.5. The van der Waals surface area contributed by atoms with Gasteiger partial charge in [-0.3, -0.25) is 9.59 Å².